The van der Waals surface area contributed by atoms with Crippen molar-refractivity contribution in [2.75, 3.05) is 27.3 Å². The molecule has 3 rings (SSSR count). The van der Waals surface area contributed by atoms with Gasteiger partial charge >= 0.3 is 0 Å². The summed E-state index contributed by atoms with van der Waals surface area (Å²) in [4.78, 5) is 27.0. The number of methoxy groups -OCH3 is 2. The first-order valence-corrected chi connectivity index (χ1v) is 10.4. The number of carbonyl (C=O) groups is 2. The lowest BCUT2D eigenvalue weighted by molar-refractivity contribution is -0.135. The van der Waals surface area contributed by atoms with Gasteiger partial charge < -0.3 is 19.7 Å². The highest BCUT2D eigenvalue weighted by atomic mass is 16.5. The van der Waals surface area contributed by atoms with E-state index in [2.05, 4.69) is 5.32 Å². The van der Waals surface area contributed by atoms with Crippen molar-refractivity contribution in [2.45, 2.75) is 32.2 Å². The lowest BCUT2D eigenvalue weighted by Gasteiger charge is -2.31. The van der Waals surface area contributed by atoms with Crippen LogP contribution in [-0.2, 0) is 22.6 Å². The Bertz CT molecular complexity index is 823. The van der Waals surface area contributed by atoms with E-state index in [9.17, 15) is 9.59 Å². The van der Waals surface area contributed by atoms with Gasteiger partial charge in [-0.1, -0.05) is 30.3 Å². The molecule has 160 valence electrons. The Morgan fingerprint density at radius 1 is 0.967 bits per heavy atom. The van der Waals surface area contributed by atoms with Crippen LogP contribution in [-0.4, -0.2) is 44.0 Å². The standard InChI is InChI=1S/C24H30N2O4/c1-29-21-14-19(15-22(16-21)30-2)17-25-24(28)20-10-12-26(13-11-20)23(27)9-8-18-6-4-3-5-7-18/h3-7,14-16,20H,8-13,17H2,1-2H3,(H,25,28). The Morgan fingerprint density at radius 2 is 1.60 bits per heavy atom. The quantitative estimate of drug-likeness (QED) is 0.726. The average molecular weight is 411 g/mol. The van der Waals surface area contributed by atoms with E-state index >= 15 is 0 Å². The zero-order valence-corrected chi connectivity index (χ0v) is 17.7. The average Bonchev–Trinajstić information content (AvgIpc) is 2.81. The third-order valence-corrected chi connectivity index (χ3v) is 5.57. The van der Waals surface area contributed by atoms with Gasteiger partial charge in [0.25, 0.3) is 0 Å². The number of ether oxygens (including phenoxy) is 2. The van der Waals surface area contributed by atoms with Crippen molar-refractivity contribution in [1.82, 2.24) is 10.2 Å². The third kappa shape index (κ3) is 5.99. The molecule has 2 aromatic carbocycles. The van der Waals surface area contributed by atoms with Gasteiger partial charge in [-0.15, -0.1) is 0 Å². The van der Waals surface area contributed by atoms with E-state index in [1.807, 2.05) is 47.4 Å². The van der Waals surface area contributed by atoms with Crippen molar-refractivity contribution in [3.63, 3.8) is 0 Å². The zero-order chi connectivity index (χ0) is 21.3. The molecule has 1 fully saturated rings. The Hall–Kier alpha value is -3.02. The minimum absolute atomic E-state index is 0.0353. The highest BCUT2D eigenvalue weighted by molar-refractivity contribution is 5.80. The second kappa shape index (κ2) is 10.7. The number of amides is 2. The van der Waals surface area contributed by atoms with E-state index in [-0.39, 0.29) is 17.7 Å². The van der Waals surface area contributed by atoms with E-state index < -0.39 is 0 Å². The monoisotopic (exact) mass is 410 g/mol. The number of rotatable bonds is 8. The molecule has 1 aliphatic heterocycles. The Labute approximate surface area is 178 Å². The molecule has 1 saturated heterocycles. The van der Waals surface area contributed by atoms with E-state index in [0.717, 1.165) is 12.0 Å². The number of aryl methyl sites for hydroxylation is 1. The van der Waals surface area contributed by atoms with Crippen LogP contribution >= 0.6 is 0 Å². The SMILES string of the molecule is COc1cc(CNC(=O)C2CCN(C(=O)CCc3ccccc3)CC2)cc(OC)c1. The molecule has 0 aliphatic carbocycles. The van der Waals surface area contributed by atoms with Crippen molar-refractivity contribution in [3.8, 4) is 11.5 Å². The summed E-state index contributed by atoms with van der Waals surface area (Å²) in [6, 6.07) is 15.6. The summed E-state index contributed by atoms with van der Waals surface area (Å²) in [6.45, 7) is 1.69. The Balaban J connectivity index is 1.43. The van der Waals surface area contributed by atoms with Crippen molar-refractivity contribution in [3.05, 3.63) is 59.7 Å². The molecule has 30 heavy (non-hydrogen) atoms. The van der Waals surface area contributed by atoms with E-state index in [1.54, 1.807) is 20.3 Å². The van der Waals surface area contributed by atoms with Gasteiger partial charge in [-0.05, 0) is 42.5 Å². The van der Waals surface area contributed by atoms with Crippen molar-refractivity contribution < 1.29 is 19.1 Å². The van der Waals surface area contributed by atoms with Crippen LogP contribution < -0.4 is 14.8 Å². The number of nitrogens with zero attached hydrogens (tertiary/aromatic N) is 1. The molecule has 1 N–H and O–H groups in total. The molecule has 0 bridgehead atoms. The van der Waals surface area contributed by atoms with Crippen LogP contribution in [0.2, 0.25) is 0 Å². The van der Waals surface area contributed by atoms with Crippen molar-refractivity contribution in [2.24, 2.45) is 5.92 Å². The molecule has 0 unspecified atom stereocenters. The lowest BCUT2D eigenvalue weighted by atomic mass is 9.95. The lowest BCUT2D eigenvalue weighted by Crippen LogP contribution is -2.43. The van der Waals surface area contributed by atoms with Gasteiger partial charge in [0.15, 0.2) is 0 Å². The van der Waals surface area contributed by atoms with Gasteiger partial charge in [0.05, 0.1) is 14.2 Å². The molecule has 2 aromatic rings. The van der Waals surface area contributed by atoms with E-state index in [1.165, 1.54) is 5.56 Å². The molecule has 1 heterocycles. The Kier molecular flexibility index (Phi) is 7.71. The normalized spacial score (nSPS) is 14.3. The van der Waals surface area contributed by atoms with Gasteiger partial charge in [-0.25, -0.2) is 0 Å². The first-order chi connectivity index (χ1) is 14.6. The van der Waals surface area contributed by atoms with Gasteiger partial charge in [0.1, 0.15) is 11.5 Å². The van der Waals surface area contributed by atoms with Gasteiger partial charge in [0.2, 0.25) is 11.8 Å². The second-order valence-corrected chi connectivity index (χ2v) is 7.58. The maximum absolute atomic E-state index is 12.6. The fraction of sp³-hybridized carbons (Fsp3) is 0.417. The Morgan fingerprint density at radius 3 is 2.20 bits per heavy atom. The second-order valence-electron chi connectivity index (χ2n) is 7.58. The summed E-state index contributed by atoms with van der Waals surface area (Å²) in [5, 5.41) is 3.01. The fourth-order valence-electron chi connectivity index (χ4n) is 3.75. The number of benzene rings is 2. The number of nitrogens with one attached hydrogen (secondary N) is 1. The van der Waals surface area contributed by atoms with Crippen LogP contribution in [0.1, 0.15) is 30.4 Å². The molecule has 0 radical (unpaired) electrons. The summed E-state index contributed by atoms with van der Waals surface area (Å²) in [6.07, 6.45) is 2.66. The third-order valence-electron chi connectivity index (χ3n) is 5.57. The molecular formula is C24H30N2O4. The minimum Gasteiger partial charge on any atom is -0.497 e. The molecule has 0 atom stereocenters. The summed E-state index contributed by atoms with van der Waals surface area (Å²) in [5.74, 6) is 1.53. The van der Waals surface area contributed by atoms with Gasteiger partial charge in [-0.2, -0.15) is 0 Å². The van der Waals surface area contributed by atoms with Crippen LogP contribution in [0.15, 0.2) is 48.5 Å². The first-order valence-electron chi connectivity index (χ1n) is 10.4. The van der Waals surface area contributed by atoms with Crippen molar-refractivity contribution in [1.29, 1.82) is 0 Å². The number of carbonyl (C=O) groups excluding carboxylic acids is 2. The van der Waals surface area contributed by atoms with Gasteiger partial charge in [-0.3, -0.25) is 9.59 Å². The molecule has 0 spiro atoms. The smallest absolute Gasteiger partial charge is 0.223 e. The van der Waals surface area contributed by atoms with Crippen LogP contribution in [0.3, 0.4) is 0 Å². The molecule has 1 aliphatic rings. The van der Waals surface area contributed by atoms with Crippen LogP contribution in [0.25, 0.3) is 0 Å². The zero-order valence-electron chi connectivity index (χ0n) is 17.7. The van der Waals surface area contributed by atoms with Crippen molar-refractivity contribution >= 4 is 11.8 Å². The largest absolute Gasteiger partial charge is 0.497 e. The maximum atomic E-state index is 12.6. The summed E-state index contributed by atoms with van der Waals surface area (Å²) in [5.41, 5.74) is 2.10. The summed E-state index contributed by atoms with van der Waals surface area (Å²) in [7, 11) is 3.21. The fourth-order valence-corrected chi connectivity index (χ4v) is 3.75. The molecule has 2 amide bonds. The summed E-state index contributed by atoms with van der Waals surface area (Å²) < 4.78 is 10.5. The molecule has 6 nitrogen and oxygen atoms in total. The van der Waals surface area contributed by atoms with Crippen LogP contribution in [0.4, 0.5) is 0 Å². The highest BCUT2D eigenvalue weighted by Crippen LogP contribution is 2.23. The predicted molar refractivity (Wildman–Crippen MR) is 115 cm³/mol. The number of piperidine rings is 1. The van der Waals surface area contributed by atoms with Gasteiger partial charge in [0, 0.05) is 38.0 Å². The number of likely N-dealkylation sites (tertiary alicyclic amines) is 1. The van der Waals surface area contributed by atoms with E-state index in [4.69, 9.17) is 9.47 Å². The predicted octanol–water partition coefficient (Wildman–Crippen LogP) is 3.19. The number of hydrogen-bond acceptors (Lipinski definition) is 4. The highest BCUT2D eigenvalue weighted by Gasteiger charge is 2.27. The van der Waals surface area contributed by atoms with E-state index in [0.29, 0.717) is 50.4 Å². The molecular weight excluding hydrogens is 380 g/mol. The molecule has 0 saturated carbocycles. The van der Waals surface area contributed by atoms with Crippen LogP contribution in [0.5, 0.6) is 11.5 Å². The minimum atomic E-state index is -0.0596. The molecule has 0 aromatic heterocycles. The summed E-state index contributed by atoms with van der Waals surface area (Å²) >= 11 is 0. The molecule has 6 heteroatoms. The topological polar surface area (TPSA) is 67.9 Å². The maximum Gasteiger partial charge on any atom is 0.223 e. The number of hydrogen-bond donors (Lipinski definition) is 1. The van der Waals surface area contributed by atoms with Crippen LogP contribution in [0, 0.1) is 5.92 Å². The first kappa shape index (κ1) is 21.7.